The molecule has 2 aliphatic rings. The number of halogens is 2. The largest absolute Gasteiger partial charge is 0.361 e. The maximum absolute atomic E-state index is 13.4. The zero-order valence-electron chi connectivity index (χ0n) is 12.0. The first-order valence-corrected chi connectivity index (χ1v) is 7.80. The number of hydrogen-bond donors (Lipinski definition) is 1. The molecule has 0 bridgehead atoms. The van der Waals surface area contributed by atoms with E-state index in [1.807, 2.05) is 23.2 Å². The van der Waals surface area contributed by atoms with Gasteiger partial charge in [-0.25, -0.2) is 8.78 Å². The summed E-state index contributed by atoms with van der Waals surface area (Å²) in [6.45, 7) is -0.182. The minimum atomic E-state index is -2.50. The van der Waals surface area contributed by atoms with Crippen molar-refractivity contribution < 1.29 is 8.78 Å². The lowest BCUT2D eigenvalue weighted by molar-refractivity contribution is -0.179. The third-order valence-corrected chi connectivity index (χ3v) is 5.22. The molecule has 0 amide bonds. The lowest BCUT2D eigenvalue weighted by Crippen LogP contribution is -2.64. The van der Waals surface area contributed by atoms with E-state index in [9.17, 15) is 8.78 Å². The molecule has 0 spiro atoms. The van der Waals surface area contributed by atoms with E-state index in [1.54, 1.807) is 0 Å². The number of aromatic nitrogens is 1. The molecule has 1 aliphatic carbocycles. The van der Waals surface area contributed by atoms with Crippen molar-refractivity contribution in [2.75, 3.05) is 13.1 Å². The van der Waals surface area contributed by atoms with Crippen LogP contribution >= 0.6 is 0 Å². The second-order valence-corrected chi connectivity index (χ2v) is 6.55. The summed E-state index contributed by atoms with van der Waals surface area (Å²) in [4.78, 5) is 5.34. The standard InChI is InChI=1S/C17H20F2N2/c18-17(19)11-21(12-17)16(8-4-1-5-9-16)14-10-20-15-7-3-2-6-13(14)15/h2-3,6-7,10,20H,1,4-5,8-9,11-12H2. The molecule has 0 radical (unpaired) electrons. The summed E-state index contributed by atoms with van der Waals surface area (Å²) in [5.41, 5.74) is 2.12. The summed E-state index contributed by atoms with van der Waals surface area (Å²) in [6, 6.07) is 8.20. The summed E-state index contributed by atoms with van der Waals surface area (Å²) in [6.07, 6.45) is 7.50. The van der Waals surface area contributed by atoms with Gasteiger partial charge in [0.2, 0.25) is 0 Å². The Morgan fingerprint density at radius 2 is 1.71 bits per heavy atom. The van der Waals surface area contributed by atoms with Gasteiger partial charge in [-0.1, -0.05) is 37.5 Å². The highest BCUT2D eigenvalue weighted by atomic mass is 19.3. The second-order valence-electron chi connectivity index (χ2n) is 6.55. The number of para-hydroxylation sites is 1. The van der Waals surface area contributed by atoms with Crippen LogP contribution in [0.25, 0.3) is 10.9 Å². The number of H-pyrrole nitrogens is 1. The first kappa shape index (κ1) is 13.3. The van der Waals surface area contributed by atoms with Crippen LogP contribution in [-0.4, -0.2) is 28.9 Å². The normalized spacial score (nSPS) is 24.9. The number of likely N-dealkylation sites (tertiary alicyclic amines) is 1. The number of aromatic amines is 1. The van der Waals surface area contributed by atoms with Crippen LogP contribution in [0.1, 0.15) is 37.7 Å². The van der Waals surface area contributed by atoms with Gasteiger partial charge in [-0.15, -0.1) is 0 Å². The molecule has 1 saturated heterocycles. The highest BCUT2D eigenvalue weighted by Gasteiger charge is 2.54. The summed E-state index contributed by atoms with van der Waals surface area (Å²) in [7, 11) is 0. The average molecular weight is 290 g/mol. The molecule has 1 saturated carbocycles. The van der Waals surface area contributed by atoms with Crippen molar-refractivity contribution in [3.63, 3.8) is 0 Å². The molecular formula is C17H20F2N2. The van der Waals surface area contributed by atoms with Gasteiger partial charge >= 0.3 is 0 Å². The number of nitrogens with one attached hydrogen (secondary N) is 1. The van der Waals surface area contributed by atoms with Crippen molar-refractivity contribution in [3.05, 3.63) is 36.0 Å². The summed E-state index contributed by atoms with van der Waals surface area (Å²) in [5.74, 6) is -2.50. The van der Waals surface area contributed by atoms with E-state index in [4.69, 9.17) is 0 Å². The Hall–Kier alpha value is -1.42. The maximum atomic E-state index is 13.4. The number of rotatable bonds is 2. The summed E-state index contributed by atoms with van der Waals surface area (Å²) >= 11 is 0. The molecule has 1 aromatic heterocycles. The molecule has 112 valence electrons. The molecular weight excluding hydrogens is 270 g/mol. The van der Waals surface area contributed by atoms with E-state index in [2.05, 4.69) is 17.1 Å². The predicted molar refractivity (Wildman–Crippen MR) is 79.6 cm³/mol. The van der Waals surface area contributed by atoms with Crippen LogP contribution in [-0.2, 0) is 5.54 Å². The van der Waals surface area contributed by atoms with Gasteiger partial charge in [0.1, 0.15) is 0 Å². The van der Waals surface area contributed by atoms with Crippen molar-refractivity contribution in [1.29, 1.82) is 0 Å². The average Bonchev–Trinajstić information content (AvgIpc) is 2.90. The molecule has 4 rings (SSSR count). The highest BCUT2D eigenvalue weighted by Crippen LogP contribution is 2.49. The van der Waals surface area contributed by atoms with Gasteiger partial charge < -0.3 is 4.98 Å². The van der Waals surface area contributed by atoms with Crippen LogP contribution in [0.4, 0.5) is 8.78 Å². The molecule has 2 nitrogen and oxygen atoms in total. The first-order chi connectivity index (χ1) is 10.1. The SMILES string of the molecule is FC1(F)CN(C2(c3c[nH]c4ccccc34)CCCCC2)C1. The first-order valence-electron chi connectivity index (χ1n) is 7.80. The third-order valence-electron chi connectivity index (χ3n) is 5.22. The van der Waals surface area contributed by atoms with Crippen LogP contribution in [0.15, 0.2) is 30.5 Å². The van der Waals surface area contributed by atoms with Gasteiger partial charge in [0.25, 0.3) is 5.92 Å². The number of nitrogens with zero attached hydrogens (tertiary/aromatic N) is 1. The quantitative estimate of drug-likeness (QED) is 0.874. The Labute approximate surface area is 123 Å². The Balaban J connectivity index is 1.79. The maximum Gasteiger partial charge on any atom is 0.273 e. The van der Waals surface area contributed by atoms with Gasteiger partial charge in [0.05, 0.1) is 13.1 Å². The smallest absolute Gasteiger partial charge is 0.273 e. The molecule has 2 heterocycles. The van der Waals surface area contributed by atoms with E-state index in [0.29, 0.717) is 0 Å². The Kier molecular flexibility index (Phi) is 2.86. The third kappa shape index (κ3) is 2.00. The van der Waals surface area contributed by atoms with Crippen LogP contribution < -0.4 is 0 Å². The van der Waals surface area contributed by atoms with Crippen LogP contribution in [0, 0.1) is 0 Å². The van der Waals surface area contributed by atoms with E-state index in [0.717, 1.165) is 31.2 Å². The van der Waals surface area contributed by atoms with Crippen molar-refractivity contribution >= 4 is 10.9 Å². The predicted octanol–water partition coefficient (Wildman–Crippen LogP) is 4.28. The van der Waals surface area contributed by atoms with Gasteiger partial charge in [-0.3, -0.25) is 4.90 Å². The van der Waals surface area contributed by atoms with Crippen molar-refractivity contribution in [2.24, 2.45) is 0 Å². The van der Waals surface area contributed by atoms with Crippen molar-refractivity contribution in [1.82, 2.24) is 9.88 Å². The van der Waals surface area contributed by atoms with Crippen LogP contribution in [0.5, 0.6) is 0 Å². The molecule has 1 aromatic carbocycles. The number of fused-ring (bicyclic) bond motifs is 1. The lowest BCUT2D eigenvalue weighted by Gasteiger charge is -2.53. The van der Waals surface area contributed by atoms with Gasteiger partial charge in [-0.2, -0.15) is 0 Å². The zero-order chi connectivity index (χ0) is 14.5. The van der Waals surface area contributed by atoms with E-state index in [-0.39, 0.29) is 18.6 Å². The molecule has 1 aliphatic heterocycles. The molecule has 4 heteroatoms. The zero-order valence-corrected chi connectivity index (χ0v) is 12.0. The fourth-order valence-corrected chi connectivity index (χ4v) is 4.16. The summed E-state index contributed by atoms with van der Waals surface area (Å²) < 4.78 is 26.8. The monoisotopic (exact) mass is 290 g/mol. The minimum Gasteiger partial charge on any atom is -0.361 e. The van der Waals surface area contributed by atoms with Crippen LogP contribution in [0.2, 0.25) is 0 Å². The Morgan fingerprint density at radius 3 is 2.43 bits per heavy atom. The van der Waals surface area contributed by atoms with E-state index in [1.165, 1.54) is 17.4 Å². The lowest BCUT2D eigenvalue weighted by atomic mass is 9.73. The minimum absolute atomic E-state index is 0.0908. The number of alkyl halides is 2. The summed E-state index contributed by atoms with van der Waals surface area (Å²) in [5, 5.41) is 1.19. The molecule has 2 aromatic rings. The Bertz CT molecular complexity index is 648. The van der Waals surface area contributed by atoms with Gasteiger partial charge in [0, 0.05) is 22.6 Å². The molecule has 1 N–H and O–H groups in total. The second kappa shape index (κ2) is 4.54. The Morgan fingerprint density at radius 1 is 1.00 bits per heavy atom. The van der Waals surface area contributed by atoms with E-state index < -0.39 is 5.92 Å². The molecule has 0 unspecified atom stereocenters. The van der Waals surface area contributed by atoms with Crippen molar-refractivity contribution in [2.45, 2.75) is 43.6 Å². The molecule has 21 heavy (non-hydrogen) atoms. The highest BCUT2D eigenvalue weighted by molar-refractivity contribution is 5.84. The number of benzene rings is 1. The number of hydrogen-bond acceptors (Lipinski definition) is 1. The molecule has 0 atom stereocenters. The van der Waals surface area contributed by atoms with Gasteiger partial charge in [0.15, 0.2) is 0 Å². The fraction of sp³-hybridized carbons (Fsp3) is 0.529. The fourth-order valence-electron chi connectivity index (χ4n) is 4.16. The topological polar surface area (TPSA) is 19.0 Å². The van der Waals surface area contributed by atoms with Crippen LogP contribution in [0.3, 0.4) is 0 Å². The molecule has 2 fully saturated rings. The van der Waals surface area contributed by atoms with Crippen molar-refractivity contribution in [3.8, 4) is 0 Å². The van der Waals surface area contributed by atoms with Gasteiger partial charge in [-0.05, 0) is 24.5 Å². The van der Waals surface area contributed by atoms with E-state index >= 15 is 0 Å².